The second-order valence-electron chi connectivity index (χ2n) is 2.31. The zero-order chi connectivity index (χ0) is 7.72. The Kier molecular flexibility index (Phi) is 4.52. The fourth-order valence-electron chi connectivity index (χ4n) is 0.751. The zero-order valence-corrected chi connectivity index (χ0v) is 7.95. The first-order valence-electron chi connectivity index (χ1n) is 3.02. The molecule has 0 fully saturated rings. The van der Waals surface area contributed by atoms with E-state index in [1.165, 1.54) is 0 Å². The molecular weight excluding hydrogens is 301 g/mol. The van der Waals surface area contributed by atoms with Gasteiger partial charge in [-0.3, -0.25) is 0 Å². The summed E-state index contributed by atoms with van der Waals surface area (Å²) < 4.78 is 0. The first-order chi connectivity index (χ1) is 4.61. The summed E-state index contributed by atoms with van der Waals surface area (Å²) in [7, 11) is 0. The Hall–Kier alpha value is 0.339. The van der Waals surface area contributed by atoms with Crippen LogP contribution in [-0.2, 0) is 0 Å². The standard InChI is InChI=1S/C8H9O2.Yb/c1-5-3-7(9)6(2)8(10)4-5;/h3,9-10H,1-2H3;/q-1;. The summed E-state index contributed by atoms with van der Waals surface area (Å²) in [6.07, 6.45) is 0. The molecule has 3 heteroatoms. The summed E-state index contributed by atoms with van der Waals surface area (Å²) >= 11 is 0. The van der Waals surface area contributed by atoms with E-state index in [4.69, 9.17) is 10.2 Å². The number of aryl methyl sites for hydroxylation is 1. The number of hydrogen-bond acceptors (Lipinski definition) is 2. The maximum Gasteiger partial charge on any atom is 0.0148 e. The third-order valence-corrected chi connectivity index (χ3v) is 1.41. The Balaban J connectivity index is 0.000001000. The normalized spacial score (nSPS) is 8.91. The van der Waals surface area contributed by atoms with Crippen LogP contribution < -0.4 is 0 Å². The Bertz CT molecular complexity index is 235. The molecule has 2 nitrogen and oxygen atoms in total. The fourth-order valence-corrected chi connectivity index (χ4v) is 0.751. The Morgan fingerprint density at radius 1 is 1.27 bits per heavy atom. The number of benzene rings is 1. The van der Waals surface area contributed by atoms with E-state index in [1.54, 1.807) is 19.9 Å². The van der Waals surface area contributed by atoms with E-state index in [2.05, 4.69) is 6.07 Å². The Morgan fingerprint density at radius 2 is 1.82 bits per heavy atom. The van der Waals surface area contributed by atoms with Crippen molar-refractivity contribution in [3.05, 3.63) is 23.3 Å². The molecule has 0 saturated heterocycles. The molecule has 2 N–H and O–H groups in total. The average molecular weight is 310 g/mol. The topological polar surface area (TPSA) is 40.5 Å². The third-order valence-electron chi connectivity index (χ3n) is 1.41. The monoisotopic (exact) mass is 311 g/mol. The van der Waals surface area contributed by atoms with Crippen molar-refractivity contribution in [2.45, 2.75) is 13.8 Å². The van der Waals surface area contributed by atoms with E-state index in [9.17, 15) is 0 Å². The molecule has 0 aliphatic rings. The molecule has 11 heavy (non-hydrogen) atoms. The van der Waals surface area contributed by atoms with Crippen LogP contribution in [0.5, 0.6) is 11.5 Å². The van der Waals surface area contributed by atoms with Crippen LogP contribution in [0.3, 0.4) is 0 Å². The van der Waals surface area contributed by atoms with Crippen molar-refractivity contribution in [2.75, 3.05) is 0 Å². The summed E-state index contributed by atoms with van der Waals surface area (Å²) in [4.78, 5) is 0. The van der Waals surface area contributed by atoms with Crippen molar-refractivity contribution in [3.63, 3.8) is 0 Å². The van der Waals surface area contributed by atoms with E-state index in [-0.39, 0.29) is 58.4 Å². The minimum Gasteiger partial charge on any atom is -0.534 e. The summed E-state index contributed by atoms with van der Waals surface area (Å²) in [5.41, 5.74) is 1.21. The van der Waals surface area contributed by atoms with Crippen molar-refractivity contribution < 1.29 is 57.1 Å². The second kappa shape index (κ2) is 4.39. The smallest absolute Gasteiger partial charge is 0.0148 e. The number of hydrogen-bond donors (Lipinski definition) is 2. The summed E-state index contributed by atoms with van der Waals surface area (Å²) in [6.45, 7) is 3.40. The zero-order valence-electron chi connectivity index (χ0n) is 6.24. The number of phenols is 2. The van der Waals surface area contributed by atoms with Crippen LogP contribution in [0.15, 0.2) is 6.07 Å². The maximum atomic E-state index is 9.10. The first kappa shape index (κ1) is 11.3. The molecule has 0 saturated carbocycles. The van der Waals surface area contributed by atoms with Gasteiger partial charge in [0.15, 0.2) is 0 Å². The van der Waals surface area contributed by atoms with Crippen LogP contribution in [0.4, 0.5) is 0 Å². The molecule has 0 atom stereocenters. The Labute approximate surface area is 104 Å². The molecule has 0 spiro atoms. The molecular formula is C8H9O2Yb-. The molecule has 0 amide bonds. The van der Waals surface area contributed by atoms with E-state index in [1.807, 2.05) is 0 Å². The molecule has 0 unspecified atom stereocenters. The van der Waals surface area contributed by atoms with Gasteiger partial charge in [0, 0.05) is 58.4 Å². The molecule has 0 radical (unpaired) electrons. The number of aromatic hydroxyl groups is 2. The summed E-state index contributed by atoms with van der Waals surface area (Å²) in [5, 5.41) is 18.2. The summed E-state index contributed by atoms with van der Waals surface area (Å²) in [5.74, 6) is 0.145. The van der Waals surface area contributed by atoms with Crippen LogP contribution in [0, 0.1) is 66.8 Å². The Morgan fingerprint density at radius 3 is 2.27 bits per heavy atom. The van der Waals surface area contributed by atoms with Crippen molar-refractivity contribution >= 4 is 0 Å². The van der Waals surface area contributed by atoms with Gasteiger partial charge >= 0.3 is 0 Å². The van der Waals surface area contributed by atoms with Gasteiger partial charge in [0.05, 0.1) is 0 Å². The van der Waals surface area contributed by atoms with Crippen LogP contribution in [0.1, 0.15) is 11.1 Å². The molecule has 1 aromatic carbocycles. The molecule has 1 aromatic rings. The van der Waals surface area contributed by atoms with Gasteiger partial charge in [0.1, 0.15) is 0 Å². The quantitative estimate of drug-likeness (QED) is 0.713. The van der Waals surface area contributed by atoms with E-state index >= 15 is 0 Å². The number of rotatable bonds is 0. The van der Waals surface area contributed by atoms with Gasteiger partial charge in [0.2, 0.25) is 0 Å². The van der Waals surface area contributed by atoms with Gasteiger partial charge in [-0.2, -0.15) is 5.56 Å². The SMILES string of the molecule is Cc1[c-]c(O)c(C)c(O)c1.[Yb]. The predicted octanol–water partition coefficient (Wildman–Crippen LogP) is 1.51. The van der Waals surface area contributed by atoms with Gasteiger partial charge in [-0.15, -0.1) is 12.1 Å². The van der Waals surface area contributed by atoms with Gasteiger partial charge in [-0.1, -0.05) is 19.4 Å². The van der Waals surface area contributed by atoms with Gasteiger partial charge in [-0.25, -0.2) is 0 Å². The van der Waals surface area contributed by atoms with Crippen molar-refractivity contribution in [2.24, 2.45) is 0 Å². The van der Waals surface area contributed by atoms with Gasteiger partial charge in [-0.05, 0) is 0 Å². The minimum atomic E-state index is 0. The molecule has 1 rings (SSSR count). The van der Waals surface area contributed by atoms with E-state index < -0.39 is 0 Å². The third kappa shape index (κ3) is 2.69. The molecule has 0 aliphatic heterocycles. The van der Waals surface area contributed by atoms with Crippen LogP contribution in [-0.4, -0.2) is 10.2 Å². The van der Waals surface area contributed by atoms with E-state index in [0.717, 1.165) is 5.56 Å². The number of phenolic OH excluding ortho intramolecular Hbond substituents is 2. The van der Waals surface area contributed by atoms with Crippen molar-refractivity contribution in [3.8, 4) is 11.5 Å². The molecule has 68 valence electrons. The average Bonchev–Trinajstić information content (AvgIpc) is 1.82. The van der Waals surface area contributed by atoms with Crippen LogP contribution in [0.25, 0.3) is 0 Å². The fraction of sp³-hybridized carbons (Fsp3) is 0.250. The van der Waals surface area contributed by atoms with E-state index in [0.29, 0.717) is 5.56 Å². The maximum absolute atomic E-state index is 9.10. The largest absolute Gasteiger partial charge is 0.534 e. The molecule has 0 aliphatic carbocycles. The van der Waals surface area contributed by atoms with Crippen molar-refractivity contribution in [1.82, 2.24) is 0 Å². The first-order valence-corrected chi connectivity index (χ1v) is 3.02. The predicted molar refractivity (Wildman–Crippen MR) is 38.1 cm³/mol. The van der Waals surface area contributed by atoms with Crippen molar-refractivity contribution in [1.29, 1.82) is 0 Å². The van der Waals surface area contributed by atoms with Crippen LogP contribution >= 0.6 is 0 Å². The van der Waals surface area contributed by atoms with Crippen LogP contribution in [0.2, 0.25) is 0 Å². The molecule has 0 heterocycles. The van der Waals surface area contributed by atoms with Gasteiger partial charge < -0.3 is 10.2 Å². The summed E-state index contributed by atoms with van der Waals surface area (Å²) in [6, 6.07) is 4.24. The van der Waals surface area contributed by atoms with Gasteiger partial charge in [0.25, 0.3) is 0 Å². The molecule has 0 bridgehead atoms. The molecule has 0 aromatic heterocycles. The second-order valence-corrected chi connectivity index (χ2v) is 2.31. The minimum absolute atomic E-state index is 0.